The van der Waals surface area contributed by atoms with Crippen LogP contribution in [-0.4, -0.2) is 87.9 Å². The van der Waals surface area contributed by atoms with Gasteiger partial charge in [-0.3, -0.25) is 14.4 Å². The standard InChI is InChI=1S/C36H49N3O7S/c1-26-22-39(27(2)25-40)36(41)33-21-30(37-47(42,43)32-17-15-31(44-5)16-18-32)14-19-34(33)46-28(3)11-9-10-20-45-35(26)24-38(4)23-29-12-7-6-8-13-29/h6-8,12-19,21,26-28,35,37,40H,9-11,20,22-25H2,1-5H3/t26-,27-,28+,35-/m0/s1. The van der Waals surface area contributed by atoms with Gasteiger partial charge in [0.2, 0.25) is 0 Å². The predicted molar refractivity (Wildman–Crippen MR) is 183 cm³/mol. The van der Waals surface area contributed by atoms with Gasteiger partial charge in [0.1, 0.15) is 11.5 Å². The third kappa shape index (κ3) is 10.2. The Labute approximate surface area is 279 Å². The van der Waals surface area contributed by atoms with Crippen LogP contribution in [-0.2, 0) is 21.3 Å². The van der Waals surface area contributed by atoms with E-state index in [0.29, 0.717) is 31.2 Å². The molecule has 2 N–H and O–H groups in total. The first-order valence-electron chi connectivity index (χ1n) is 16.2. The Morgan fingerprint density at radius 2 is 1.79 bits per heavy atom. The predicted octanol–water partition coefficient (Wildman–Crippen LogP) is 5.42. The summed E-state index contributed by atoms with van der Waals surface area (Å²) in [6, 6.07) is 20.6. The molecule has 1 aliphatic heterocycles. The topological polar surface area (TPSA) is 118 Å². The summed E-state index contributed by atoms with van der Waals surface area (Å²) in [7, 11) is -0.382. The number of benzene rings is 3. The van der Waals surface area contributed by atoms with Gasteiger partial charge >= 0.3 is 0 Å². The maximum absolute atomic E-state index is 14.4. The zero-order valence-electron chi connectivity index (χ0n) is 28.1. The molecule has 0 aromatic heterocycles. The minimum Gasteiger partial charge on any atom is -0.497 e. The minimum atomic E-state index is -3.96. The number of fused-ring (bicyclic) bond motifs is 1. The van der Waals surface area contributed by atoms with Crippen LogP contribution in [0.1, 0.15) is 56.0 Å². The van der Waals surface area contributed by atoms with Gasteiger partial charge in [0.15, 0.2) is 0 Å². The first-order valence-corrected chi connectivity index (χ1v) is 17.7. The van der Waals surface area contributed by atoms with Crippen molar-refractivity contribution in [2.75, 3.05) is 45.2 Å². The molecule has 0 bridgehead atoms. The summed E-state index contributed by atoms with van der Waals surface area (Å²) in [6.45, 7) is 7.92. The summed E-state index contributed by atoms with van der Waals surface area (Å²) >= 11 is 0. The van der Waals surface area contributed by atoms with Gasteiger partial charge in [0, 0.05) is 37.8 Å². The Morgan fingerprint density at radius 3 is 2.47 bits per heavy atom. The summed E-state index contributed by atoms with van der Waals surface area (Å²) < 4.78 is 47.0. The van der Waals surface area contributed by atoms with Crippen molar-refractivity contribution < 1.29 is 32.5 Å². The molecule has 1 heterocycles. The van der Waals surface area contributed by atoms with Gasteiger partial charge in [-0.2, -0.15) is 0 Å². The minimum absolute atomic E-state index is 0.0576. The lowest BCUT2D eigenvalue weighted by molar-refractivity contribution is -0.0177. The number of carbonyl (C=O) groups excluding carboxylic acids is 1. The number of hydrogen-bond donors (Lipinski definition) is 2. The third-order valence-corrected chi connectivity index (χ3v) is 9.86. The molecule has 3 aromatic rings. The average molecular weight is 668 g/mol. The van der Waals surface area contributed by atoms with Crippen molar-refractivity contribution in [3.8, 4) is 11.5 Å². The van der Waals surface area contributed by atoms with E-state index >= 15 is 0 Å². The molecule has 3 aromatic carbocycles. The highest BCUT2D eigenvalue weighted by Gasteiger charge is 2.30. The zero-order valence-corrected chi connectivity index (χ0v) is 28.9. The summed E-state index contributed by atoms with van der Waals surface area (Å²) in [5.41, 5.74) is 1.65. The number of hydrogen-bond acceptors (Lipinski definition) is 8. The van der Waals surface area contributed by atoms with Crippen molar-refractivity contribution in [2.24, 2.45) is 5.92 Å². The molecule has 4 rings (SSSR count). The van der Waals surface area contributed by atoms with Gasteiger partial charge in [0.05, 0.1) is 42.4 Å². The maximum atomic E-state index is 14.4. The lowest BCUT2D eigenvalue weighted by Gasteiger charge is -2.36. The van der Waals surface area contributed by atoms with Gasteiger partial charge in [-0.15, -0.1) is 0 Å². The second-order valence-corrected chi connectivity index (χ2v) is 14.2. The van der Waals surface area contributed by atoms with Gasteiger partial charge < -0.3 is 24.2 Å². The number of methoxy groups -OCH3 is 1. The van der Waals surface area contributed by atoms with Crippen LogP contribution in [0, 0.1) is 5.92 Å². The smallest absolute Gasteiger partial charge is 0.261 e. The van der Waals surface area contributed by atoms with Crippen molar-refractivity contribution >= 4 is 21.6 Å². The molecule has 11 heteroatoms. The Bertz CT molecular complexity index is 1540. The number of nitrogens with one attached hydrogen (secondary N) is 1. The van der Waals surface area contributed by atoms with E-state index in [-0.39, 0.29) is 46.8 Å². The second kappa shape index (κ2) is 17.0. The quantitative estimate of drug-likeness (QED) is 0.294. The summed E-state index contributed by atoms with van der Waals surface area (Å²) in [5, 5.41) is 10.2. The monoisotopic (exact) mass is 667 g/mol. The Kier molecular flexibility index (Phi) is 13.1. The van der Waals surface area contributed by atoms with E-state index in [1.165, 1.54) is 30.9 Å². The van der Waals surface area contributed by atoms with Crippen LogP contribution in [0.3, 0.4) is 0 Å². The Hall–Kier alpha value is -3.64. The molecule has 1 aliphatic rings. The molecule has 0 spiro atoms. The number of likely N-dealkylation sites (N-methyl/N-ethyl adjacent to an activating group) is 1. The fourth-order valence-electron chi connectivity index (χ4n) is 5.68. The van der Waals surface area contributed by atoms with Crippen molar-refractivity contribution in [3.05, 3.63) is 83.9 Å². The van der Waals surface area contributed by atoms with Crippen molar-refractivity contribution in [1.29, 1.82) is 0 Å². The summed E-state index contributed by atoms with van der Waals surface area (Å²) in [6.07, 6.45) is 2.16. The third-order valence-electron chi connectivity index (χ3n) is 8.46. The molecule has 4 atom stereocenters. The largest absolute Gasteiger partial charge is 0.497 e. The van der Waals surface area contributed by atoms with E-state index in [0.717, 1.165) is 25.8 Å². The lowest BCUT2D eigenvalue weighted by atomic mass is 10.0. The van der Waals surface area contributed by atoms with E-state index in [9.17, 15) is 18.3 Å². The first-order chi connectivity index (χ1) is 22.5. The molecule has 0 saturated heterocycles. The van der Waals surface area contributed by atoms with E-state index in [2.05, 4.69) is 35.7 Å². The van der Waals surface area contributed by atoms with Crippen molar-refractivity contribution in [1.82, 2.24) is 9.80 Å². The summed E-state index contributed by atoms with van der Waals surface area (Å²) in [5.74, 6) is 0.466. The highest BCUT2D eigenvalue weighted by molar-refractivity contribution is 7.92. The second-order valence-electron chi connectivity index (χ2n) is 12.5. The van der Waals surface area contributed by atoms with Gasteiger partial charge in [0.25, 0.3) is 15.9 Å². The van der Waals surface area contributed by atoms with E-state index < -0.39 is 16.1 Å². The molecular formula is C36H49N3O7S. The maximum Gasteiger partial charge on any atom is 0.261 e. The number of anilines is 1. The number of nitrogens with zero attached hydrogens (tertiary/aromatic N) is 2. The fourth-order valence-corrected chi connectivity index (χ4v) is 6.73. The number of aliphatic hydroxyl groups excluding tert-OH is 1. The molecule has 256 valence electrons. The van der Waals surface area contributed by atoms with Crippen LogP contribution in [0.4, 0.5) is 5.69 Å². The first kappa shape index (κ1) is 36.2. The SMILES string of the molecule is COc1ccc(S(=O)(=O)Nc2ccc3c(c2)C(=O)N([C@@H](C)CO)C[C@H](C)[C@H](CN(C)Cc2ccccc2)OCCCC[C@@H](C)O3)cc1. The van der Waals surface area contributed by atoms with Gasteiger partial charge in [-0.25, -0.2) is 8.42 Å². The van der Waals surface area contributed by atoms with Crippen LogP contribution in [0.5, 0.6) is 11.5 Å². The zero-order chi connectivity index (χ0) is 34.0. The van der Waals surface area contributed by atoms with Gasteiger partial charge in [-0.1, -0.05) is 37.3 Å². The number of carbonyl (C=O) groups is 1. The molecular weight excluding hydrogens is 618 g/mol. The van der Waals surface area contributed by atoms with Crippen LogP contribution in [0.2, 0.25) is 0 Å². The van der Waals surface area contributed by atoms with Crippen LogP contribution >= 0.6 is 0 Å². The number of sulfonamides is 1. The number of amides is 1. The molecule has 0 saturated carbocycles. The average Bonchev–Trinajstić information content (AvgIpc) is 3.06. The van der Waals surface area contributed by atoms with Crippen LogP contribution < -0.4 is 14.2 Å². The molecule has 0 unspecified atom stereocenters. The molecule has 10 nitrogen and oxygen atoms in total. The lowest BCUT2D eigenvalue weighted by Crippen LogP contribution is -2.47. The number of ether oxygens (including phenoxy) is 3. The highest BCUT2D eigenvalue weighted by Crippen LogP contribution is 2.30. The number of aliphatic hydroxyl groups is 1. The van der Waals surface area contributed by atoms with Crippen LogP contribution in [0.25, 0.3) is 0 Å². The normalized spacial score (nSPS) is 20.5. The van der Waals surface area contributed by atoms with Gasteiger partial charge in [-0.05, 0) is 88.2 Å². The molecule has 1 amide bonds. The fraction of sp³-hybridized carbons (Fsp3) is 0.472. The van der Waals surface area contributed by atoms with Crippen molar-refractivity contribution in [2.45, 2.75) is 69.7 Å². The van der Waals surface area contributed by atoms with Crippen LogP contribution in [0.15, 0.2) is 77.7 Å². The molecule has 0 aliphatic carbocycles. The molecule has 0 radical (unpaired) electrons. The van der Waals surface area contributed by atoms with E-state index in [4.69, 9.17) is 14.2 Å². The van der Waals surface area contributed by atoms with Crippen molar-refractivity contribution in [3.63, 3.8) is 0 Å². The molecule has 0 fully saturated rings. The number of rotatable bonds is 10. The van der Waals surface area contributed by atoms with E-state index in [1.807, 2.05) is 25.1 Å². The summed E-state index contributed by atoms with van der Waals surface area (Å²) in [4.78, 5) is 18.3. The Balaban J connectivity index is 1.64. The molecule has 47 heavy (non-hydrogen) atoms. The Morgan fingerprint density at radius 1 is 1.06 bits per heavy atom. The van der Waals surface area contributed by atoms with E-state index in [1.54, 1.807) is 36.1 Å². The highest BCUT2D eigenvalue weighted by atomic mass is 32.2.